The van der Waals surface area contributed by atoms with Gasteiger partial charge in [-0.25, -0.2) is 4.79 Å². The van der Waals surface area contributed by atoms with Crippen molar-refractivity contribution in [3.05, 3.63) is 53.6 Å². The molecule has 5 nitrogen and oxygen atoms in total. The molecule has 0 saturated heterocycles. The zero-order chi connectivity index (χ0) is 15.8. The van der Waals surface area contributed by atoms with Crippen molar-refractivity contribution in [2.45, 2.75) is 32.7 Å². The number of carbonyl (C=O) groups excluding carboxylic acids is 1. The van der Waals surface area contributed by atoms with Gasteiger partial charge in [0.15, 0.2) is 0 Å². The lowest BCUT2D eigenvalue weighted by molar-refractivity contribution is 0.0513. The maximum atomic E-state index is 12.0. The minimum Gasteiger partial charge on any atom is -0.461 e. The number of nitrogens with zero attached hydrogens (tertiary/aromatic N) is 2. The summed E-state index contributed by atoms with van der Waals surface area (Å²) in [5.41, 5.74) is 8.49. The Kier molecular flexibility index (Phi) is 6.15. The summed E-state index contributed by atoms with van der Waals surface area (Å²) in [4.78, 5) is 16.1. The van der Waals surface area contributed by atoms with Crippen molar-refractivity contribution >= 4 is 5.97 Å². The number of hydrogen-bond acceptors (Lipinski definition) is 4. The van der Waals surface area contributed by atoms with Crippen LogP contribution < -0.4 is 5.73 Å². The van der Waals surface area contributed by atoms with Gasteiger partial charge in [0.2, 0.25) is 0 Å². The van der Waals surface area contributed by atoms with Crippen LogP contribution in [0.3, 0.4) is 0 Å². The monoisotopic (exact) mass is 301 g/mol. The van der Waals surface area contributed by atoms with E-state index in [2.05, 4.69) is 11.1 Å². The van der Waals surface area contributed by atoms with Gasteiger partial charge in [-0.2, -0.15) is 0 Å². The van der Waals surface area contributed by atoms with Crippen LogP contribution in [0.15, 0.2) is 36.8 Å². The second-order valence-corrected chi connectivity index (χ2v) is 5.15. The van der Waals surface area contributed by atoms with Crippen LogP contribution in [0.1, 0.15) is 35.0 Å². The van der Waals surface area contributed by atoms with Crippen LogP contribution >= 0.6 is 0 Å². The van der Waals surface area contributed by atoms with Gasteiger partial charge in [0.1, 0.15) is 5.69 Å². The average Bonchev–Trinajstić information content (AvgIpc) is 2.92. The Bertz CT molecular complexity index is 593. The summed E-state index contributed by atoms with van der Waals surface area (Å²) in [7, 11) is 0. The molecular weight excluding hydrogens is 278 g/mol. The van der Waals surface area contributed by atoms with Gasteiger partial charge in [-0.15, -0.1) is 0 Å². The number of rotatable bonds is 8. The van der Waals surface area contributed by atoms with Gasteiger partial charge in [-0.05, 0) is 56.0 Å². The number of aryl methyl sites for hydroxylation is 2. The van der Waals surface area contributed by atoms with E-state index in [9.17, 15) is 4.79 Å². The number of pyridine rings is 1. The molecule has 2 aromatic heterocycles. The molecular formula is C17H23N3O2. The van der Waals surface area contributed by atoms with Crippen molar-refractivity contribution in [1.82, 2.24) is 9.55 Å². The van der Waals surface area contributed by atoms with Gasteiger partial charge in [0, 0.05) is 25.1 Å². The fourth-order valence-electron chi connectivity index (χ4n) is 2.43. The van der Waals surface area contributed by atoms with Crippen LogP contribution in [0.2, 0.25) is 0 Å². The minimum absolute atomic E-state index is 0.271. The minimum atomic E-state index is -0.271. The average molecular weight is 301 g/mol. The molecule has 0 aliphatic heterocycles. The van der Waals surface area contributed by atoms with Crippen LogP contribution in [0.4, 0.5) is 0 Å². The Morgan fingerprint density at radius 3 is 2.91 bits per heavy atom. The Labute approximate surface area is 131 Å². The molecule has 0 bridgehead atoms. The summed E-state index contributed by atoms with van der Waals surface area (Å²) in [5.74, 6) is -0.271. The smallest absolute Gasteiger partial charge is 0.354 e. The standard InChI is InChI=1S/C17H23N3O2/c1-2-22-17(21)16-11-15(7-8-18)13-20(16)10-4-6-14-5-3-9-19-12-14/h3,5,9,11-13H,2,4,6-8,10,18H2,1H3. The molecule has 0 aliphatic rings. The number of esters is 1. The first-order valence-electron chi connectivity index (χ1n) is 7.69. The molecule has 0 aliphatic carbocycles. The summed E-state index contributed by atoms with van der Waals surface area (Å²) < 4.78 is 7.10. The summed E-state index contributed by atoms with van der Waals surface area (Å²) in [6, 6.07) is 5.89. The molecule has 0 aromatic carbocycles. The highest BCUT2D eigenvalue weighted by molar-refractivity contribution is 5.88. The van der Waals surface area contributed by atoms with Gasteiger partial charge in [-0.3, -0.25) is 4.98 Å². The third-order valence-electron chi connectivity index (χ3n) is 3.46. The fourth-order valence-corrected chi connectivity index (χ4v) is 2.43. The molecule has 2 aromatic rings. The second kappa shape index (κ2) is 8.34. The lowest BCUT2D eigenvalue weighted by atomic mass is 10.1. The van der Waals surface area contributed by atoms with E-state index in [0.717, 1.165) is 31.4 Å². The Hall–Kier alpha value is -2.14. The quantitative estimate of drug-likeness (QED) is 0.759. The molecule has 22 heavy (non-hydrogen) atoms. The van der Waals surface area contributed by atoms with Crippen LogP contribution in [-0.2, 0) is 24.1 Å². The summed E-state index contributed by atoms with van der Waals surface area (Å²) in [5, 5.41) is 0. The molecule has 0 spiro atoms. The lowest BCUT2D eigenvalue weighted by Gasteiger charge is -2.08. The van der Waals surface area contributed by atoms with Crippen molar-refractivity contribution in [1.29, 1.82) is 0 Å². The number of hydrogen-bond donors (Lipinski definition) is 1. The molecule has 0 fully saturated rings. The first kappa shape index (κ1) is 16.2. The second-order valence-electron chi connectivity index (χ2n) is 5.15. The Morgan fingerprint density at radius 2 is 2.23 bits per heavy atom. The highest BCUT2D eigenvalue weighted by Gasteiger charge is 2.14. The van der Waals surface area contributed by atoms with Crippen LogP contribution in [0.25, 0.3) is 0 Å². The highest BCUT2D eigenvalue weighted by Crippen LogP contribution is 2.13. The van der Waals surface area contributed by atoms with Crippen LogP contribution in [-0.4, -0.2) is 28.7 Å². The molecule has 0 radical (unpaired) electrons. The van der Waals surface area contributed by atoms with Crippen molar-refractivity contribution in [2.24, 2.45) is 5.73 Å². The number of carbonyl (C=O) groups is 1. The van der Waals surface area contributed by atoms with Crippen LogP contribution in [0.5, 0.6) is 0 Å². The van der Waals surface area contributed by atoms with E-state index in [1.54, 1.807) is 6.20 Å². The lowest BCUT2D eigenvalue weighted by Crippen LogP contribution is -2.12. The summed E-state index contributed by atoms with van der Waals surface area (Å²) >= 11 is 0. The zero-order valence-corrected chi connectivity index (χ0v) is 13.0. The number of ether oxygens (including phenoxy) is 1. The van der Waals surface area contributed by atoms with E-state index in [1.165, 1.54) is 5.56 Å². The van der Waals surface area contributed by atoms with Crippen LogP contribution in [0, 0.1) is 0 Å². The fraction of sp³-hybridized carbons (Fsp3) is 0.412. The first-order valence-corrected chi connectivity index (χ1v) is 7.69. The van der Waals surface area contributed by atoms with Crippen molar-refractivity contribution in [3.63, 3.8) is 0 Å². The third kappa shape index (κ3) is 4.43. The molecule has 0 amide bonds. The summed E-state index contributed by atoms with van der Waals surface area (Å²) in [6.45, 7) is 3.54. The Morgan fingerprint density at radius 1 is 1.36 bits per heavy atom. The maximum absolute atomic E-state index is 12.0. The number of aromatic nitrogens is 2. The molecule has 5 heteroatoms. The number of nitrogens with two attached hydrogens (primary N) is 1. The SMILES string of the molecule is CCOC(=O)c1cc(CCN)cn1CCCc1cccnc1. The van der Waals surface area contributed by atoms with Gasteiger partial charge < -0.3 is 15.0 Å². The molecule has 2 N–H and O–H groups in total. The van der Waals surface area contributed by atoms with Crippen molar-refractivity contribution in [2.75, 3.05) is 13.2 Å². The predicted octanol–water partition coefficient (Wildman–Crippen LogP) is 2.19. The van der Waals surface area contributed by atoms with Gasteiger partial charge in [0.25, 0.3) is 0 Å². The zero-order valence-electron chi connectivity index (χ0n) is 13.0. The van der Waals surface area contributed by atoms with Gasteiger partial charge >= 0.3 is 5.97 Å². The maximum Gasteiger partial charge on any atom is 0.354 e. The molecule has 0 atom stereocenters. The Balaban J connectivity index is 2.02. The van der Waals surface area contributed by atoms with Crippen molar-refractivity contribution < 1.29 is 9.53 Å². The topological polar surface area (TPSA) is 70.1 Å². The summed E-state index contributed by atoms with van der Waals surface area (Å²) in [6.07, 6.45) is 8.29. The molecule has 0 saturated carbocycles. The first-order chi connectivity index (χ1) is 10.7. The van der Waals surface area contributed by atoms with E-state index >= 15 is 0 Å². The van der Waals surface area contributed by atoms with E-state index in [0.29, 0.717) is 18.8 Å². The van der Waals surface area contributed by atoms with E-state index in [1.807, 2.05) is 36.0 Å². The highest BCUT2D eigenvalue weighted by atomic mass is 16.5. The predicted molar refractivity (Wildman–Crippen MR) is 85.7 cm³/mol. The van der Waals surface area contributed by atoms with Gasteiger partial charge in [-0.1, -0.05) is 6.07 Å². The van der Waals surface area contributed by atoms with E-state index < -0.39 is 0 Å². The van der Waals surface area contributed by atoms with Gasteiger partial charge in [0.05, 0.1) is 6.61 Å². The molecule has 2 heterocycles. The largest absolute Gasteiger partial charge is 0.461 e. The third-order valence-corrected chi connectivity index (χ3v) is 3.46. The van der Waals surface area contributed by atoms with E-state index in [4.69, 9.17) is 10.5 Å². The normalized spacial score (nSPS) is 10.6. The van der Waals surface area contributed by atoms with E-state index in [-0.39, 0.29) is 5.97 Å². The molecule has 2 rings (SSSR count). The molecule has 118 valence electrons. The molecule has 0 unspecified atom stereocenters. The van der Waals surface area contributed by atoms with Crippen molar-refractivity contribution in [3.8, 4) is 0 Å².